The molecule has 0 unspecified atom stereocenters. The Hall–Kier alpha value is -2.30. The largest absolute Gasteiger partial charge is 0.491 e. The second-order valence-electron chi connectivity index (χ2n) is 4.40. The summed E-state index contributed by atoms with van der Waals surface area (Å²) in [5.41, 5.74) is 0.765. The van der Waals surface area contributed by atoms with Gasteiger partial charge in [-0.2, -0.15) is 0 Å². The first kappa shape index (κ1) is 14.1. The van der Waals surface area contributed by atoms with Gasteiger partial charge in [-0.1, -0.05) is 18.7 Å². The molecule has 5 nitrogen and oxygen atoms in total. The van der Waals surface area contributed by atoms with Gasteiger partial charge in [-0.15, -0.1) is 0 Å². The third kappa shape index (κ3) is 2.99. The van der Waals surface area contributed by atoms with Crippen LogP contribution >= 0.6 is 0 Å². The average Bonchev–Trinajstić information content (AvgIpc) is 2.60. The van der Waals surface area contributed by atoms with Crippen LogP contribution in [0.5, 0.6) is 5.75 Å². The molecule has 0 saturated carbocycles. The summed E-state index contributed by atoms with van der Waals surface area (Å²) < 4.78 is 10.4. The summed E-state index contributed by atoms with van der Waals surface area (Å²) in [7, 11) is 0. The lowest BCUT2D eigenvalue weighted by Crippen LogP contribution is -2.35. The molecule has 2 rings (SSSR count). The first-order valence-corrected chi connectivity index (χ1v) is 6.49. The first-order chi connectivity index (χ1) is 9.63. The fourth-order valence-corrected chi connectivity index (χ4v) is 1.99. The van der Waals surface area contributed by atoms with Crippen LogP contribution in [-0.4, -0.2) is 43.1 Å². The Balaban J connectivity index is 2.12. The normalized spacial score (nSPS) is 14.1. The summed E-state index contributed by atoms with van der Waals surface area (Å²) in [4.78, 5) is 25.5. The maximum Gasteiger partial charge on any atom is 0.335 e. The van der Waals surface area contributed by atoms with E-state index in [4.69, 9.17) is 9.47 Å². The van der Waals surface area contributed by atoms with Crippen LogP contribution in [-0.2, 0) is 9.53 Å². The molecule has 1 amide bonds. The summed E-state index contributed by atoms with van der Waals surface area (Å²) in [5.74, 6) is -0.0657. The molecule has 0 N–H and O–H groups in total. The van der Waals surface area contributed by atoms with Crippen molar-refractivity contribution in [2.75, 3.05) is 26.3 Å². The number of benzene rings is 1. The minimum Gasteiger partial charge on any atom is -0.491 e. The van der Waals surface area contributed by atoms with Crippen molar-refractivity contribution in [2.24, 2.45) is 0 Å². The van der Waals surface area contributed by atoms with Gasteiger partial charge in [0.25, 0.3) is 5.91 Å². The van der Waals surface area contributed by atoms with Crippen LogP contribution < -0.4 is 4.74 Å². The fraction of sp³-hybridized carbons (Fsp3) is 0.333. The van der Waals surface area contributed by atoms with Crippen molar-refractivity contribution >= 4 is 11.9 Å². The number of para-hydroxylation sites is 1. The Morgan fingerprint density at radius 1 is 1.45 bits per heavy atom. The van der Waals surface area contributed by atoms with E-state index in [0.717, 1.165) is 0 Å². The van der Waals surface area contributed by atoms with Gasteiger partial charge in [-0.05, 0) is 19.1 Å². The lowest BCUT2D eigenvalue weighted by atomic mass is 10.1. The van der Waals surface area contributed by atoms with E-state index < -0.39 is 5.97 Å². The number of hydrogen-bond acceptors (Lipinski definition) is 4. The second kappa shape index (κ2) is 6.23. The van der Waals surface area contributed by atoms with Gasteiger partial charge in [0.1, 0.15) is 12.4 Å². The van der Waals surface area contributed by atoms with Crippen molar-refractivity contribution in [1.82, 2.24) is 4.90 Å². The van der Waals surface area contributed by atoms with Gasteiger partial charge in [-0.25, -0.2) is 4.79 Å². The highest BCUT2D eigenvalue weighted by Gasteiger charge is 2.24. The number of esters is 1. The molecule has 106 valence electrons. The van der Waals surface area contributed by atoms with Crippen LogP contribution in [0.15, 0.2) is 36.4 Å². The minimum atomic E-state index is -0.473. The predicted octanol–water partition coefficient (Wildman–Crippen LogP) is 1.64. The molecule has 0 aromatic heterocycles. The SMILES string of the molecule is C=C(CN1CCOc2ccccc2C1=O)C(=O)OCC. The highest BCUT2D eigenvalue weighted by atomic mass is 16.5. The number of carbonyl (C=O) groups excluding carboxylic acids is 2. The molecule has 0 atom stereocenters. The molecule has 20 heavy (non-hydrogen) atoms. The summed E-state index contributed by atoms with van der Waals surface area (Å²) in [6.45, 7) is 6.64. The molecule has 0 bridgehead atoms. The molecule has 1 aliphatic heterocycles. The van der Waals surface area contributed by atoms with Crippen molar-refractivity contribution < 1.29 is 19.1 Å². The lowest BCUT2D eigenvalue weighted by molar-refractivity contribution is -0.138. The maximum absolute atomic E-state index is 12.4. The van der Waals surface area contributed by atoms with Crippen LogP contribution in [0, 0.1) is 0 Å². The number of fused-ring (bicyclic) bond motifs is 1. The van der Waals surface area contributed by atoms with E-state index in [-0.39, 0.29) is 24.6 Å². The molecular formula is C15H17NO4. The van der Waals surface area contributed by atoms with E-state index in [1.165, 1.54) is 0 Å². The van der Waals surface area contributed by atoms with Crippen LogP contribution in [0.1, 0.15) is 17.3 Å². The summed E-state index contributed by atoms with van der Waals surface area (Å²) in [6.07, 6.45) is 0. The Morgan fingerprint density at radius 3 is 2.95 bits per heavy atom. The van der Waals surface area contributed by atoms with Crippen LogP contribution in [0.2, 0.25) is 0 Å². The van der Waals surface area contributed by atoms with Crippen molar-refractivity contribution in [3.05, 3.63) is 42.0 Å². The van der Waals surface area contributed by atoms with Gasteiger partial charge in [-0.3, -0.25) is 4.79 Å². The number of rotatable bonds is 4. The molecule has 0 spiro atoms. The van der Waals surface area contributed by atoms with Crippen molar-refractivity contribution in [3.63, 3.8) is 0 Å². The van der Waals surface area contributed by atoms with Crippen molar-refractivity contribution in [3.8, 4) is 5.75 Å². The molecule has 1 heterocycles. The number of carbonyl (C=O) groups is 2. The van der Waals surface area contributed by atoms with Crippen LogP contribution in [0.4, 0.5) is 0 Å². The second-order valence-corrected chi connectivity index (χ2v) is 4.40. The van der Waals surface area contributed by atoms with Crippen LogP contribution in [0.25, 0.3) is 0 Å². The van der Waals surface area contributed by atoms with E-state index >= 15 is 0 Å². The first-order valence-electron chi connectivity index (χ1n) is 6.49. The van der Waals surface area contributed by atoms with E-state index in [9.17, 15) is 9.59 Å². The van der Waals surface area contributed by atoms with Gasteiger partial charge in [0.15, 0.2) is 0 Å². The zero-order valence-electron chi connectivity index (χ0n) is 11.4. The quantitative estimate of drug-likeness (QED) is 0.619. The molecule has 0 aliphatic carbocycles. The zero-order valence-corrected chi connectivity index (χ0v) is 11.4. The van der Waals surface area contributed by atoms with Gasteiger partial charge in [0.2, 0.25) is 0 Å². The highest BCUT2D eigenvalue weighted by Crippen LogP contribution is 2.22. The number of nitrogens with zero attached hydrogens (tertiary/aromatic N) is 1. The van der Waals surface area contributed by atoms with E-state index in [2.05, 4.69) is 6.58 Å². The monoisotopic (exact) mass is 275 g/mol. The van der Waals surface area contributed by atoms with Crippen molar-refractivity contribution in [2.45, 2.75) is 6.92 Å². The van der Waals surface area contributed by atoms with Gasteiger partial charge >= 0.3 is 5.97 Å². The molecule has 0 fully saturated rings. The smallest absolute Gasteiger partial charge is 0.335 e. The molecule has 1 aromatic rings. The topological polar surface area (TPSA) is 55.8 Å². The minimum absolute atomic E-state index is 0.148. The Labute approximate surface area is 117 Å². The van der Waals surface area contributed by atoms with E-state index in [0.29, 0.717) is 24.5 Å². The Kier molecular flexibility index (Phi) is 4.40. The number of amides is 1. The van der Waals surface area contributed by atoms with E-state index in [1.54, 1.807) is 30.0 Å². The summed E-state index contributed by atoms with van der Waals surface area (Å²) in [5, 5.41) is 0. The highest BCUT2D eigenvalue weighted by molar-refractivity contribution is 5.98. The molecule has 1 aromatic carbocycles. The summed E-state index contributed by atoms with van der Waals surface area (Å²) in [6, 6.07) is 7.07. The van der Waals surface area contributed by atoms with Gasteiger partial charge in [0, 0.05) is 5.57 Å². The van der Waals surface area contributed by atoms with Crippen molar-refractivity contribution in [1.29, 1.82) is 0 Å². The molecule has 0 radical (unpaired) electrons. The number of ether oxygens (including phenoxy) is 2. The van der Waals surface area contributed by atoms with Crippen LogP contribution in [0.3, 0.4) is 0 Å². The molecule has 1 aliphatic rings. The standard InChI is InChI=1S/C15H17NO4/c1-3-19-15(18)11(2)10-16-8-9-20-13-7-5-4-6-12(13)14(16)17/h4-7H,2-3,8-10H2,1H3. The third-order valence-corrected chi connectivity index (χ3v) is 2.97. The van der Waals surface area contributed by atoms with Gasteiger partial charge < -0.3 is 14.4 Å². The average molecular weight is 275 g/mol. The Bertz CT molecular complexity index is 538. The fourth-order valence-electron chi connectivity index (χ4n) is 1.99. The number of hydrogen-bond donors (Lipinski definition) is 0. The van der Waals surface area contributed by atoms with E-state index in [1.807, 2.05) is 6.07 Å². The predicted molar refractivity (Wildman–Crippen MR) is 73.6 cm³/mol. The Morgan fingerprint density at radius 2 is 2.20 bits per heavy atom. The third-order valence-electron chi connectivity index (χ3n) is 2.97. The zero-order chi connectivity index (χ0) is 14.5. The lowest BCUT2D eigenvalue weighted by Gasteiger charge is -2.20. The molecule has 5 heteroatoms. The van der Waals surface area contributed by atoms with Gasteiger partial charge in [0.05, 0.1) is 25.3 Å². The summed E-state index contributed by atoms with van der Waals surface area (Å²) >= 11 is 0. The maximum atomic E-state index is 12.4. The molecule has 0 saturated heterocycles. The molecular weight excluding hydrogens is 258 g/mol.